The third-order valence-electron chi connectivity index (χ3n) is 4.50. The van der Waals surface area contributed by atoms with Crippen molar-refractivity contribution >= 4 is 45.1 Å². The molecule has 29 heavy (non-hydrogen) atoms. The molecule has 5 nitrogen and oxygen atoms in total. The molecule has 2 atom stereocenters. The number of rotatable bonds is 8. The van der Waals surface area contributed by atoms with Crippen LogP contribution in [0.4, 0.5) is 0 Å². The average molecular weight is 498 g/mol. The number of carbonyl (C=O) groups is 1. The molecular formula is C21H19BrCl2N2O3. The Morgan fingerprint density at radius 1 is 1.24 bits per heavy atom. The predicted octanol–water partition coefficient (Wildman–Crippen LogP) is 6.75. The van der Waals surface area contributed by atoms with Gasteiger partial charge in [-0.3, -0.25) is 0 Å². The molecule has 3 rings (SSSR count). The summed E-state index contributed by atoms with van der Waals surface area (Å²) < 4.78 is 8.15. The van der Waals surface area contributed by atoms with Crippen LogP contribution in [-0.2, 0) is 0 Å². The summed E-state index contributed by atoms with van der Waals surface area (Å²) in [6.07, 6.45) is 7.13. The Morgan fingerprint density at radius 2 is 2.00 bits per heavy atom. The maximum absolute atomic E-state index is 11.5. The minimum atomic E-state index is -1.02. The lowest BCUT2D eigenvalue weighted by atomic mass is 9.99. The number of benzene rings is 2. The van der Waals surface area contributed by atoms with Gasteiger partial charge in [0.25, 0.3) is 0 Å². The van der Waals surface area contributed by atoms with Crippen molar-refractivity contribution in [1.82, 2.24) is 9.55 Å². The van der Waals surface area contributed by atoms with E-state index >= 15 is 0 Å². The van der Waals surface area contributed by atoms with Crippen LogP contribution in [0.1, 0.15) is 52.3 Å². The van der Waals surface area contributed by atoms with Crippen LogP contribution in [-0.4, -0.2) is 20.6 Å². The molecule has 8 heteroatoms. The van der Waals surface area contributed by atoms with E-state index in [2.05, 4.69) is 27.8 Å². The molecule has 0 spiro atoms. The van der Waals surface area contributed by atoms with Crippen LogP contribution in [0.3, 0.4) is 0 Å². The molecule has 0 aliphatic rings. The number of hydrogen-bond donors (Lipinski definition) is 1. The van der Waals surface area contributed by atoms with Crippen LogP contribution in [0.2, 0.25) is 10.0 Å². The van der Waals surface area contributed by atoms with Gasteiger partial charge in [0.05, 0.1) is 17.9 Å². The van der Waals surface area contributed by atoms with E-state index in [1.54, 1.807) is 42.9 Å². The second-order valence-electron chi connectivity index (χ2n) is 6.47. The summed E-state index contributed by atoms with van der Waals surface area (Å²) in [6, 6.07) is 10.0. The van der Waals surface area contributed by atoms with Crippen molar-refractivity contribution in [2.24, 2.45) is 0 Å². The summed E-state index contributed by atoms with van der Waals surface area (Å²) in [4.78, 5) is 15.7. The van der Waals surface area contributed by atoms with Gasteiger partial charge in [-0.2, -0.15) is 0 Å². The Hall–Kier alpha value is -2.02. The third kappa shape index (κ3) is 5.13. The molecule has 1 heterocycles. The molecule has 1 N–H and O–H groups in total. The topological polar surface area (TPSA) is 64.3 Å². The van der Waals surface area contributed by atoms with Gasteiger partial charge in [-0.15, -0.1) is 0 Å². The smallest absolute Gasteiger partial charge is 0.335 e. The maximum atomic E-state index is 11.5. The first-order chi connectivity index (χ1) is 13.9. The number of ether oxygens (including phenoxy) is 1. The zero-order valence-electron chi connectivity index (χ0n) is 15.6. The van der Waals surface area contributed by atoms with Gasteiger partial charge in [0.2, 0.25) is 0 Å². The van der Waals surface area contributed by atoms with Crippen LogP contribution in [0.25, 0.3) is 0 Å². The van der Waals surface area contributed by atoms with Gasteiger partial charge in [-0.25, -0.2) is 9.78 Å². The lowest BCUT2D eigenvalue weighted by Crippen LogP contribution is -2.13. The zero-order chi connectivity index (χ0) is 21.0. The fourth-order valence-electron chi connectivity index (χ4n) is 3.10. The van der Waals surface area contributed by atoms with Crippen molar-refractivity contribution in [1.29, 1.82) is 0 Å². The Labute approximate surface area is 187 Å². The van der Waals surface area contributed by atoms with Crippen molar-refractivity contribution < 1.29 is 14.6 Å². The Balaban J connectivity index is 2.02. The highest BCUT2D eigenvalue weighted by Crippen LogP contribution is 2.38. The van der Waals surface area contributed by atoms with Crippen LogP contribution in [0.5, 0.6) is 5.75 Å². The van der Waals surface area contributed by atoms with E-state index in [0.29, 0.717) is 21.4 Å². The highest BCUT2D eigenvalue weighted by molar-refractivity contribution is 9.09. The predicted molar refractivity (Wildman–Crippen MR) is 117 cm³/mol. The van der Waals surface area contributed by atoms with Gasteiger partial charge >= 0.3 is 5.97 Å². The molecule has 0 aliphatic heterocycles. The van der Waals surface area contributed by atoms with E-state index in [1.165, 1.54) is 6.07 Å². The monoisotopic (exact) mass is 496 g/mol. The largest absolute Gasteiger partial charge is 0.478 e. The van der Waals surface area contributed by atoms with Crippen molar-refractivity contribution in [3.05, 3.63) is 81.9 Å². The number of hydrogen-bond acceptors (Lipinski definition) is 3. The SMILES string of the molecule is CCCC(c1ccc(C(=O)O)cc1OC(Br)c1ccc(Cl)cc1Cl)n1ccnc1. The number of halogens is 3. The van der Waals surface area contributed by atoms with Gasteiger partial charge < -0.3 is 14.4 Å². The second kappa shape index (κ2) is 9.65. The molecule has 0 saturated carbocycles. The molecule has 0 bridgehead atoms. The second-order valence-corrected chi connectivity index (χ2v) is 8.15. The fourth-order valence-corrected chi connectivity index (χ4v) is 4.34. The van der Waals surface area contributed by atoms with Crippen molar-refractivity contribution in [2.75, 3.05) is 0 Å². The Morgan fingerprint density at radius 3 is 2.62 bits per heavy atom. The summed E-state index contributed by atoms with van der Waals surface area (Å²) in [5.74, 6) is -0.559. The van der Waals surface area contributed by atoms with Crippen LogP contribution < -0.4 is 4.74 Å². The van der Waals surface area contributed by atoms with Crippen molar-refractivity contribution in [3.63, 3.8) is 0 Å². The van der Waals surface area contributed by atoms with Crippen LogP contribution in [0, 0.1) is 0 Å². The summed E-state index contributed by atoms with van der Waals surface area (Å²) in [7, 11) is 0. The molecule has 0 fully saturated rings. The fraction of sp³-hybridized carbons (Fsp3) is 0.238. The number of carboxylic acid groups (broad SMARTS) is 1. The van der Waals surface area contributed by atoms with Crippen LogP contribution >= 0.6 is 39.1 Å². The molecule has 0 amide bonds. The van der Waals surface area contributed by atoms with Crippen molar-refractivity contribution in [2.45, 2.75) is 30.8 Å². The van der Waals surface area contributed by atoms with E-state index in [4.69, 9.17) is 27.9 Å². The molecule has 1 aromatic heterocycles. The minimum absolute atomic E-state index is 0.0410. The molecule has 0 saturated heterocycles. The number of carboxylic acids is 1. The van der Waals surface area contributed by atoms with Crippen molar-refractivity contribution in [3.8, 4) is 5.75 Å². The first-order valence-corrected chi connectivity index (χ1v) is 10.7. The molecule has 2 unspecified atom stereocenters. The van der Waals surface area contributed by atoms with E-state index < -0.39 is 11.0 Å². The zero-order valence-corrected chi connectivity index (χ0v) is 18.7. The summed E-state index contributed by atoms with van der Waals surface area (Å²) in [5, 5.41) is 9.83. The van der Waals surface area contributed by atoms with Crippen LogP contribution in [0.15, 0.2) is 55.1 Å². The molecule has 0 aliphatic carbocycles. The highest BCUT2D eigenvalue weighted by Gasteiger charge is 2.22. The third-order valence-corrected chi connectivity index (χ3v) is 5.75. The lowest BCUT2D eigenvalue weighted by Gasteiger charge is -2.24. The highest BCUT2D eigenvalue weighted by atomic mass is 79.9. The molecule has 0 radical (unpaired) electrons. The summed E-state index contributed by atoms with van der Waals surface area (Å²) >= 11 is 15.8. The Kier molecular flexibility index (Phi) is 7.22. The van der Waals surface area contributed by atoms with E-state index in [0.717, 1.165) is 18.4 Å². The molecule has 3 aromatic rings. The van der Waals surface area contributed by atoms with Gasteiger partial charge in [-0.1, -0.05) is 48.7 Å². The van der Waals surface area contributed by atoms with Gasteiger partial charge in [0.1, 0.15) is 5.75 Å². The Bertz CT molecular complexity index is 996. The molecule has 2 aromatic carbocycles. The standard InChI is InChI=1S/C21H19BrCl2N2O3/c1-2-3-18(26-9-8-25-12-26)16-6-4-13(21(27)28)10-19(16)29-20(22)15-7-5-14(23)11-17(15)24/h4-12,18,20H,2-3H2,1H3,(H,27,28). The lowest BCUT2D eigenvalue weighted by molar-refractivity contribution is 0.0696. The first kappa shape index (κ1) is 21.7. The van der Waals surface area contributed by atoms with E-state index in [-0.39, 0.29) is 11.6 Å². The summed E-state index contributed by atoms with van der Waals surface area (Å²) in [5.41, 5.74) is 1.70. The molecule has 152 valence electrons. The van der Waals surface area contributed by atoms with Gasteiger partial charge in [0.15, 0.2) is 5.01 Å². The van der Waals surface area contributed by atoms with E-state index in [1.807, 2.05) is 10.8 Å². The van der Waals surface area contributed by atoms with Gasteiger partial charge in [0, 0.05) is 33.6 Å². The summed E-state index contributed by atoms with van der Waals surface area (Å²) in [6.45, 7) is 2.09. The average Bonchev–Trinajstić information content (AvgIpc) is 3.20. The maximum Gasteiger partial charge on any atom is 0.335 e. The number of alkyl halides is 1. The molecular weight excluding hydrogens is 479 g/mol. The quantitative estimate of drug-likeness (QED) is 0.349. The number of aromatic carboxylic acids is 1. The number of imidazole rings is 1. The number of aromatic nitrogens is 2. The van der Waals surface area contributed by atoms with Gasteiger partial charge in [-0.05, 0) is 46.6 Å². The minimum Gasteiger partial charge on any atom is -0.478 e. The first-order valence-electron chi connectivity index (χ1n) is 9.01. The van der Waals surface area contributed by atoms with E-state index in [9.17, 15) is 9.90 Å². The number of nitrogens with zero attached hydrogens (tertiary/aromatic N) is 2. The normalized spacial score (nSPS) is 13.1.